The van der Waals surface area contributed by atoms with Crippen LogP contribution in [0.15, 0.2) is 0 Å². The summed E-state index contributed by atoms with van der Waals surface area (Å²) in [5.74, 6) is 2.19. The first kappa shape index (κ1) is 21.4. The van der Waals surface area contributed by atoms with Crippen LogP contribution in [-0.2, 0) is 4.74 Å². The van der Waals surface area contributed by atoms with Crippen LogP contribution in [0.3, 0.4) is 0 Å². The van der Waals surface area contributed by atoms with Crippen LogP contribution in [0.1, 0.15) is 86.0 Å². The first-order valence-corrected chi connectivity index (χ1v) is 13.2. The molecule has 5 aliphatic carbocycles. The van der Waals surface area contributed by atoms with Crippen molar-refractivity contribution in [3.05, 3.63) is 0 Å². The van der Waals surface area contributed by atoms with Gasteiger partial charge in [0.25, 0.3) is 0 Å². The van der Waals surface area contributed by atoms with Crippen molar-refractivity contribution in [1.82, 2.24) is 0 Å². The average Bonchev–Trinajstić information content (AvgIpc) is 3.36. The number of rotatable bonds is 1. The van der Waals surface area contributed by atoms with E-state index in [1.54, 1.807) is 0 Å². The fraction of sp³-hybridized carbons (Fsp3) is 1.00. The van der Waals surface area contributed by atoms with Gasteiger partial charge in [0.05, 0.1) is 24.4 Å². The van der Waals surface area contributed by atoms with Crippen molar-refractivity contribution in [2.45, 2.75) is 110 Å². The van der Waals surface area contributed by atoms with E-state index in [1.165, 1.54) is 38.5 Å². The van der Waals surface area contributed by atoms with Crippen LogP contribution in [0.2, 0.25) is 0 Å². The molecule has 0 aromatic carbocycles. The van der Waals surface area contributed by atoms with E-state index < -0.39 is 6.10 Å². The molecule has 176 valence electrons. The molecular formula is C27H45NO3. The van der Waals surface area contributed by atoms with E-state index in [-0.39, 0.29) is 34.6 Å². The van der Waals surface area contributed by atoms with E-state index >= 15 is 0 Å². The molecule has 5 saturated carbocycles. The maximum absolute atomic E-state index is 12.0. The second-order valence-corrected chi connectivity index (χ2v) is 13.9. The van der Waals surface area contributed by atoms with Crippen molar-refractivity contribution in [2.75, 3.05) is 6.54 Å². The van der Waals surface area contributed by atoms with Gasteiger partial charge in [0.2, 0.25) is 0 Å². The van der Waals surface area contributed by atoms with Crippen LogP contribution in [-0.4, -0.2) is 41.2 Å². The Kier molecular flexibility index (Phi) is 4.20. The lowest BCUT2D eigenvalue weighted by Gasteiger charge is -2.63. The quantitative estimate of drug-likeness (QED) is 0.584. The van der Waals surface area contributed by atoms with Crippen LogP contribution >= 0.6 is 0 Å². The van der Waals surface area contributed by atoms with Crippen LogP contribution < -0.4 is 5.73 Å². The Morgan fingerprint density at radius 1 is 0.935 bits per heavy atom. The average molecular weight is 432 g/mol. The molecule has 6 aliphatic rings. The highest BCUT2D eigenvalue weighted by molar-refractivity contribution is 5.32. The number of ether oxygens (including phenoxy) is 1. The Bertz CT molecular complexity index is 784. The number of aliphatic hydroxyl groups excluding tert-OH is 2. The maximum Gasteiger partial charge on any atom is 0.0880 e. The van der Waals surface area contributed by atoms with Gasteiger partial charge in [0.1, 0.15) is 0 Å². The highest BCUT2D eigenvalue weighted by Crippen LogP contribution is 2.89. The lowest BCUT2D eigenvalue weighted by molar-refractivity contribution is -0.182. The van der Waals surface area contributed by atoms with E-state index in [0.29, 0.717) is 41.0 Å². The summed E-state index contributed by atoms with van der Waals surface area (Å²) in [5, 5.41) is 22.8. The zero-order valence-corrected chi connectivity index (χ0v) is 20.4. The van der Waals surface area contributed by atoms with Gasteiger partial charge in [-0.1, -0.05) is 34.6 Å². The van der Waals surface area contributed by atoms with Crippen LogP contribution in [0.5, 0.6) is 0 Å². The summed E-state index contributed by atoms with van der Waals surface area (Å²) in [4.78, 5) is 0. The van der Waals surface area contributed by atoms with Crippen LogP contribution in [0, 0.1) is 50.7 Å². The van der Waals surface area contributed by atoms with Crippen molar-refractivity contribution >= 4 is 0 Å². The SMILES string of the molecule is C[C@@H]1CC(CN)OC2[C@H]1C1(C)CCC34CC35CCC(O)C(C)(C)[C@@H]5CCC4[C@]1(C)[C@H]2O. The van der Waals surface area contributed by atoms with Gasteiger partial charge in [0, 0.05) is 12.0 Å². The minimum Gasteiger partial charge on any atom is -0.393 e. The molecule has 7 unspecified atom stereocenters. The summed E-state index contributed by atoms with van der Waals surface area (Å²) < 4.78 is 6.53. The summed E-state index contributed by atoms with van der Waals surface area (Å²) >= 11 is 0. The third kappa shape index (κ3) is 2.14. The molecule has 0 aromatic heterocycles. The molecule has 0 amide bonds. The molecular weight excluding hydrogens is 386 g/mol. The fourth-order valence-electron chi connectivity index (χ4n) is 11.5. The van der Waals surface area contributed by atoms with Crippen molar-refractivity contribution < 1.29 is 14.9 Å². The van der Waals surface area contributed by atoms with E-state index in [1.807, 2.05) is 0 Å². The smallest absolute Gasteiger partial charge is 0.0880 e. The highest BCUT2D eigenvalue weighted by Gasteiger charge is 2.84. The van der Waals surface area contributed by atoms with Crippen molar-refractivity contribution in [2.24, 2.45) is 56.5 Å². The van der Waals surface area contributed by atoms with Gasteiger partial charge < -0.3 is 20.7 Å². The minimum atomic E-state index is -0.391. The molecule has 6 rings (SSSR count). The zero-order valence-electron chi connectivity index (χ0n) is 20.4. The molecule has 4 heteroatoms. The lowest BCUT2D eigenvalue weighted by Crippen LogP contribution is -2.59. The van der Waals surface area contributed by atoms with Gasteiger partial charge in [-0.3, -0.25) is 0 Å². The van der Waals surface area contributed by atoms with Crippen molar-refractivity contribution in [3.63, 3.8) is 0 Å². The molecule has 1 saturated heterocycles. The van der Waals surface area contributed by atoms with E-state index in [9.17, 15) is 10.2 Å². The predicted octanol–water partition coefficient (Wildman–Crippen LogP) is 4.12. The Labute approximate surface area is 188 Å². The molecule has 31 heavy (non-hydrogen) atoms. The number of aliphatic hydroxyl groups is 2. The summed E-state index contributed by atoms with van der Waals surface area (Å²) in [5.41, 5.74) is 6.87. The molecule has 1 heterocycles. The van der Waals surface area contributed by atoms with Gasteiger partial charge in [-0.15, -0.1) is 0 Å². The summed E-state index contributed by atoms with van der Waals surface area (Å²) in [7, 11) is 0. The van der Waals surface area contributed by atoms with E-state index in [2.05, 4.69) is 34.6 Å². The highest BCUT2D eigenvalue weighted by atomic mass is 16.5. The number of hydrogen-bond acceptors (Lipinski definition) is 4. The molecule has 2 spiro atoms. The fourth-order valence-corrected chi connectivity index (χ4v) is 11.5. The van der Waals surface area contributed by atoms with Gasteiger partial charge in [-0.2, -0.15) is 0 Å². The molecule has 0 bridgehead atoms. The third-order valence-corrected chi connectivity index (χ3v) is 13.1. The van der Waals surface area contributed by atoms with Crippen LogP contribution in [0.4, 0.5) is 0 Å². The first-order chi connectivity index (χ1) is 14.5. The Morgan fingerprint density at radius 3 is 2.32 bits per heavy atom. The number of hydrogen-bond donors (Lipinski definition) is 3. The normalized spacial score (nSPS) is 63.9. The first-order valence-electron chi connectivity index (χ1n) is 13.2. The number of fused-ring (bicyclic) bond motifs is 4. The molecule has 12 atom stereocenters. The monoisotopic (exact) mass is 431 g/mol. The van der Waals surface area contributed by atoms with Gasteiger partial charge in [0.15, 0.2) is 0 Å². The van der Waals surface area contributed by atoms with E-state index in [4.69, 9.17) is 10.5 Å². The van der Waals surface area contributed by atoms with Crippen molar-refractivity contribution in [1.29, 1.82) is 0 Å². The summed E-state index contributed by atoms with van der Waals surface area (Å²) in [6.07, 6.45) is 8.95. The molecule has 6 fully saturated rings. The Hall–Kier alpha value is -0.160. The van der Waals surface area contributed by atoms with Gasteiger partial charge in [-0.05, 0) is 96.7 Å². The summed E-state index contributed by atoms with van der Waals surface area (Å²) in [6, 6.07) is 0. The second kappa shape index (κ2) is 6.09. The maximum atomic E-state index is 12.0. The molecule has 0 aromatic rings. The lowest BCUT2D eigenvalue weighted by atomic mass is 9.41. The molecule has 4 nitrogen and oxygen atoms in total. The third-order valence-electron chi connectivity index (χ3n) is 13.1. The van der Waals surface area contributed by atoms with Crippen molar-refractivity contribution in [3.8, 4) is 0 Å². The second-order valence-electron chi connectivity index (χ2n) is 13.9. The molecule has 0 radical (unpaired) electrons. The predicted molar refractivity (Wildman–Crippen MR) is 121 cm³/mol. The zero-order chi connectivity index (χ0) is 22.2. The molecule has 1 aliphatic heterocycles. The minimum absolute atomic E-state index is 0.0165. The number of nitrogens with two attached hydrogens (primary N) is 1. The molecule has 4 N–H and O–H groups in total. The van der Waals surface area contributed by atoms with Gasteiger partial charge in [-0.25, -0.2) is 0 Å². The largest absolute Gasteiger partial charge is 0.393 e. The Balaban J connectivity index is 1.41. The van der Waals surface area contributed by atoms with E-state index in [0.717, 1.165) is 12.8 Å². The van der Waals surface area contributed by atoms with Crippen LogP contribution in [0.25, 0.3) is 0 Å². The Morgan fingerprint density at radius 2 is 1.61 bits per heavy atom. The topological polar surface area (TPSA) is 75.7 Å². The van der Waals surface area contributed by atoms with Gasteiger partial charge >= 0.3 is 0 Å². The summed E-state index contributed by atoms with van der Waals surface area (Å²) in [6.45, 7) is 12.6. The standard InChI is InChI=1S/C27H45NO3/c1-15-12-16(13-28)31-21-20(15)24(4)10-11-27-14-26(27)9-8-19(29)23(2,3)17(26)6-7-18(27)25(24,5)22(21)30/h15-22,29-30H,6-14,28H2,1-5H3/t15-,16?,17+,18?,19?,20+,21?,22+,24?,25-,26?,27?/m1/s1.